The molecule has 0 bridgehead atoms. The molecule has 3 aromatic rings. The number of rotatable bonds is 1. The molecule has 118 valence electrons. The summed E-state index contributed by atoms with van der Waals surface area (Å²) in [5.41, 5.74) is 6.93. The molecule has 2 amide bonds. The topological polar surface area (TPSA) is 56.9 Å². The van der Waals surface area contributed by atoms with E-state index in [-0.39, 0.29) is 12.1 Å². The van der Waals surface area contributed by atoms with Gasteiger partial charge in [-0.05, 0) is 30.0 Å². The lowest BCUT2D eigenvalue weighted by Gasteiger charge is -2.34. The van der Waals surface area contributed by atoms with Crippen LogP contribution in [0.2, 0.25) is 0 Å². The molecule has 3 N–H and O–H groups in total. The van der Waals surface area contributed by atoms with Gasteiger partial charge in [0.15, 0.2) is 0 Å². The third-order valence-corrected chi connectivity index (χ3v) is 5.07. The van der Waals surface area contributed by atoms with E-state index in [2.05, 4.69) is 45.9 Å². The van der Waals surface area contributed by atoms with Crippen LogP contribution in [0.1, 0.15) is 29.2 Å². The van der Waals surface area contributed by atoms with Crippen molar-refractivity contribution in [2.24, 2.45) is 0 Å². The number of aryl methyl sites for hydroxylation is 1. The number of amides is 2. The normalized spacial score (nSPS) is 19.5. The van der Waals surface area contributed by atoms with E-state index >= 15 is 0 Å². The summed E-state index contributed by atoms with van der Waals surface area (Å²) in [5, 5.41) is 7.31. The van der Waals surface area contributed by atoms with Gasteiger partial charge in [0.25, 0.3) is 0 Å². The molecule has 1 aliphatic carbocycles. The predicted molar refractivity (Wildman–Crippen MR) is 94.4 cm³/mol. The summed E-state index contributed by atoms with van der Waals surface area (Å²) in [6, 6.07) is 16.3. The second-order valence-corrected chi connectivity index (χ2v) is 6.38. The Labute approximate surface area is 139 Å². The van der Waals surface area contributed by atoms with Crippen molar-refractivity contribution in [3.8, 4) is 0 Å². The van der Waals surface area contributed by atoms with Gasteiger partial charge in [-0.3, -0.25) is 0 Å². The van der Waals surface area contributed by atoms with Crippen molar-refractivity contribution >= 4 is 22.6 Å². The van der Waals surface area contributed by atoms with E-state index in [0.717, 1.165) is 40.6 Å². The van der Waals surface area contributed by atoms with E-state index in [1.165, 1.54) is 11.1 Å². The number of fused-ring (bicyclic) bond motifs is 3. The van der Waals surface area contributed by atoms with Crippen LogP contribution in [0.5, 0.6) is 0 Å². The number of para-hydroxylation sites is 1. The van der Waals surface area contributed by atoms with Gasteiger partial charge in [-0.1, -0.05) is 42.5 Å². The largest absolute Gasteiger partial charge is 0.361 e. The molecule has 1 atom stereocenters. The molecule has 0 fully saturated rings. The number of aromatic nitrogens is 1. The van der Waals surface area contributed by atoms with Crippen LogP contribution in [0.4, 0.5) is 4.79 Å². The summed E-state index contributed by atoms with van der Waals surface area (Å²) in [6.45, 7) is 0. The Kier molecular flexibility index (Phi) is 2.80. The fourth-order valence-electron chi connectivity index (χ4n) is 3.95. The molecule has 5 rings (SSSR count). The van der Waals surface area contributed by atoms with E-state index in [4.69, 9.17) is 0 Å². The number of hydrogen-bond acceptors (Lipinski definition) is 1. The van der Waals surface area contributed by atoms with Gasteiger partial charge in [0.05, 0.1) is 11.7 Å². The van der Waals surface area contributed by atoms with Crippen LogP contribution < -0.4 is 10.6 Å². The van der Waals surface area contributed by atoms with Gasteiger partial charge in [-0.25, -0.2) is 4.79 Å². The maximum absolute atomic E-state index is 12.3. The number of carbonyl (C=O) groups is 1. The number of H-pyrrole nitrogens is 1. The molecule has 4 nitrogen and oxygen atoms in total. The van der Waals surface area contributed by atoms with Crippen LogP contribution in [0.25, 0.3) is 16.6 Å². The van der Waals surface area contributed by atoms with Crippen molar-refractivity contribution in [2.75, 3.05) is 0 Å². The monoisotopic (exact) mass is 315 g/mol. The van der Waals surface area contributed by atoms with E-state index in [1.54, 1.807) is 0 Å². The number of aromatic amines is 1. The first-order valence-electron chi connectivity index (χ1n) is 8.26. The third-order valence-electron chi connectivity index (χ3n) is 5.07. The quantitative estimate of drug-likeness (QED) is 0.627. The molecule has 2 aliphatic rings. The SMILES string of the molecule is O=C1NC2=C(CCc3ccccc32)C(c2c[nH]c3ccccc23)N1. The van der Waals surface area contributed by atoms with Gasteiger partial charge >= 0.3 is 6.03 Å². The van der Waals surface area contributed by atoms with Crippen LogP contribution >= 0.6 is 0 Å². The second-order valence-electron chi connectivity index (χ2n) is 6.38. The highest BCUT2D eigenvalue weighted by atomic mass is 16.2. The first-order chi connectivity index (χ1) is 11.8. The molecule has 1 aromatic heterocycles. The van der Waals surface area contributed by atoms with Crippen molar-refractivity contribution in [3.05, 3.63) is 77.0 Å². The lowest BCUT2D eigenvalue weighted by Crippen LogP contribution is -2.44. The van der Waals surface area contributed by atoms with Crippen molar-refractivity contribution in [2.45, 2.75) is 18.9 Å². The maximum Gasteiger partial charge on any atom is 0.320 e. The fraction of sp³-hybridized carbons (Fsp3) is 0.150. The third kappa shape index (κ3) is 1.89. The van der Waals surface area contributed by atoms with Gasteiger partial charge in [0, 0.05) is 28.2 Å². The Balaban J connectivity index is 1.71. The minimum Gasteiger partial charge on any atom is -0.361 e. The average molecular weight is 315 g/mol. The molecule has 0 saturated carbocycles. The molecule has 2 heterocycles. The zero-order valence-electron chi connectivity index (χ0n) is 13.1. The Hall–Kier alpha value is -3.01. The van der Waals surface area contributed by atoms with Gasteiger partial charge in [0.1, 0.15) is 0 Å². The molecule has 1 unspecified atom stereocenters. The predicted octanol–water partition coefficient (Wildman–Crippen LogP) is 3.88. The van der Waals surface area contributed by atoms with E-state index in [9.17, 15) is 4.79 Å². The molecule has 0 radical (unpaired) electrons. The lowest BCUT2D eigenvalue weighted by molar-refractivity contribution is 0.240. The van der Waals surface area contributed by atoms with Crippen LogP contribution in [-0.4, -0.2) is 11.0 Å². The van der Waals surface area contributed by atoms with Crippen LogP contribution in [0.15, 0.2) is 60.3 Å². The Morgan fingerprint density at radius 3 is 2.75 bits per heavy atom. The average Bonchev–Trinajstić information content (AvgIpc) is 3.05. The van der Waals surface area contributed by atoms with Gasteiger partial charge < -0.3 is 15.6 Å². The van der Waals surface area contributed by atoms with Gasteiger partial charge in [0.2, 0.25) is 0 Å². The lowest BCUT2D eigenvalue weighted by atomic mass is 9.83. The van der Waals surface area contributed by atoms with Crippen LogP contribution in [0.3, 0.4) is 0 Å². The molecule has 2 aromatic carbocycles. The smallest absolute Gasteiger partial charge is 0.320 e. The molecule has 24 heavy (non-hydrogen) atoms. The number of benzene rings is 2. The number of urea groups is 1. The summed E-state index contributed by atoms with van der Waals surface area (Å²) >= 11 is 0. The molecule has 4 heteroatoms. The highest BCUT2D eigenvalue weighted by molar-refractivity contribution is 5.93. The highest BCUT2D eigenvalue weighted by Crippen LogP contribution is 2.40. The van der Waals surface area contributed by atoms with Crippen molar-refractivity contribution in [1.29, 1.82) is 0 Å². The van der Waals surface area contributed by atoms with Gasteiger partial charge in [-0.2, -0.15) is 0 Å². The summed E-state index contributed by atoms with van der Waals surface area (Å²) in [6.07, 6.45) is 3.97. The zero-order chi connectivity index (χ0) is 16.1. The van der Waals surface area contributed by atoms with E-state index < -0.39 is 0 Å². The Bertz CT molecular complexity index is 999. The second kappa shape index (κ2) is 4.99. The Morgan fingerprint density at radius 1 is 0.958 bits per heavy atom. The van der Waals surface area contributed by atoms with Crippen LogP contribution in [-0.2, 0) is 6.42 Å². The summed E-state index contributed by atoms with van der Waals surface area (Å²) in [5.74, 6) is 0. The molecule has 1 aliphatic heterocycles. The fourth-order valence-corrected chi connectivity index (χ4v) is 3.95. The van der Waals surface area contributed by atoms with Crippen LogP contribution in [0, 0.1) is 0 Å². The van der Waals surface area contributed by atoms with Crippen molar-refractivity contribution in [3.63, 3.8) is 0 Å². The molecule has 0 spiro atoms. The Morgan fingerprint density at radius 2 is 1.79 bits per heavy atom. The van der Waals surface area contributed by atoms with Gasteiger partial charge in [-0.15, -0.1) is 0 Å². The number of hydrogen-bond donors (Lipinski definition) is 3. The molecule has 0 saturated heterocycles. The minimum absolute atomic E-state index is 0.0849. The van der Waals surface area contributed by atoms with E-state index in [1.807, 2.05) is 24.4 Å². The summed E-state index contributed by atoms with van der Waals surface area (Å²) < 4.78 is 0. The highest BCUT2D eigenvalue weighted by Gasteiger charge is 2.32. The first-order valence-corrected chi connectivity index (χ1v) is 8.26. The molecular formula is C20H17N3O. The van der Waals surface area contributed by atoms with Crippen molar-refractivity contribution < 1.29 is 4.79 Å². The minimum atomic E-state index is -0.138. The summed E-state index contributed by atoms with van der Waals surface area (Å²) in [4.78, 5) is 15.6. The first kappa shape index (κ1) is 13.4. The number of carbonyl (C=O) groups excluding carboxylic acids is 1. The standard InChI is InChI=1S/C20H17N3O/c24-20-22-18-13-6-2-1-5-12(13)9-10-15(18)19(23-20)16-11-21-17-8-4-3-7-14(16)17/h1-8,11,19,21H,9-10H2,(H2,22,23,24). The maximum atomic E-state index is 12.3. The summed E-state index contributed by atoms with van der Waals surface area (Å²) in [7, 11) is 0. The van der Waals surface area contributed by atoms with E-state index in [0.29, 0.717) is 0 Å². The zero-order valence-corrected chi connectivity index (χ0v) is 13.1. The number of nitrogens with one attached hydrogen (secondary N) is 3. The molecular weight excluding hydrogens is 298 g/mol. The van der Waals surface area contributed by atoms with Crippen molar-refractivity contribution in [1.82, 2.24) is 15.6 Å².